The fraction of sp³-hybridized carbons (Fsp3) is 0.444. The molecule has 0 amide bonds. The monoisotopic (exact) mass is 218 g/mol. The summed E-state index contributed by atoms with van der Waals surface area (Å²) in [5.41, 5.74) is 5.44. The van der Waals surface area contributed by atoms with Gasteiger partial charge in [-0.2, -0.15) is 0 Å². The van der Waals surface area contributed by atoms with Crippen LogP contribution >= 0.6 is 0 Å². The topological polar surface area (TPSA) is 68.4 Å². The van der Waals surface area contributed by atoms with Crippen molar-refractivity contribution in [2.75, 3.05) is 7.11 Å². The second kappa shape index (κ2) is 4.99. The largest absolute Gasteiger partial charge is 0.496 e. The minimum absolute atomic E-state index is 0.107. The first kappa shape index (κ1) is 11.8. The summed E-state index contributed by atoms with van der Waals surface area (Å²) in [5, 5.41) is 8.95. The zero-order chi connectivity index (χ0) is 11.4. The summed E-state index contributed by atoms with van der Waals surface area (Å²) in [6, 6.07) is 0. The van der Waals surface area contributed by atoms with Gasteiger partial charge in [-0.1, -0.05) is 0 Å². The molecule has 0 unspecified atom stereocenters. The molecular formula is C9H12F2N2O2. The Morgan fingerprint density at radius 1 is 1.60 bits per heavy atom. The van der Waals surface area contributed by atoms with Crippen LogP contribution < -0.4 is 10.5 Å². The fourth-order valence-corrected chi connectivity index (χ4v) is 1.35. The number of alkyl halides is 2. The van der Waals surface area contributed by atoms with E-state index in [2.05, 4.69) is 4.98 Å². The highest BCUT2D eigenvalue weighted by atomic mass is 19.3. The van der Waals surface area contributed by atoms with Crippen molar-refractivity contribution in [2.24, 2.45) is 5.73 Å². The fourth-order valence-electron chi connectivity index (χ4n) is 1.35. The Labute approximate surface area is 85.7 Å². The average molecular weight is 218 g/mol. The maximum absolute atomic E-state index is 12.5. The summed E-state index contributed by atoms with van der Waals surface area (Å²) < 4.78 is 30.0. The molecule has 15 heavy (non-hydrogen) atoms. The van der Waals surface area contributed by atoms with Gasteiger partial charge in [0, 0.05) is 23.9 Å². The molecule has 0 saturated heterocycles. The number of aliphatic hydroxyl groups is 1. The second-order valence-corrected chi connectivity index (χ2v) is 2.84. The first-order chi connectivity index (χ1) is 7.15. The molecule has 1 aromatic heterocycles. The quantitative estimate of drug-likeness (QED) is 0.790. The highest BCUT2D eigenvalue weighted by Gasteiger charge is 2.20. The number of nitrogens with zero attached hydrogens (tertiary/aromatic N) is 1. The molecular weight excluding hydrogens is 206 g/mol. The molecule has 84 valence electrons. The lowest BCUT2D eigenvalue weighted by atomic mass is 10.1. The number of hydrogen-bond acceptors (Lipinski definition) is 4. The van der Waals surface area contributed by atoms with E-state index in [1.165, 1.54) is 13.3 Å². The van der Waals surface area contributed by atoms with E-state index in [-0.39, 0.29) is 24.5 Å². The van der Waals surface area contributed by atoms with Gasteiger partial charge < -0.3 is 15.6 Å². The van der Waals surface area contributed by atoms with E-state index in [9.17, 15) is 8.78 Å². The molecule has 0 radical (unpaired) electrons. The van der Waals surface area contributed by atoms with Crippen molar-refractivity contribution in [3.63, 3.8) is 0 Å². The van der Waals surface area contributed by atoms with Gasteiger partial charge in [-0.15, -0.1) is 0 Å². The lowest BCUT2D eigenvalue weighted by Crippen LogP contribution is -2.09. The van der Waals surface area contributed by atoms with Gasteiger partial charge in [0.05, 0.1) is 13.7 Å². The number of hydrogen-bond donors (Lipinski definition) is 2. The molecule has 0 bridgehead atoms. The number of halogens is 2. The van der Waals surface area contributed by atoms with Crippen LogP contribution in [0.3, 0.4) is 0 Å². The molecule has 3 N–H and O–H groups in total. The zero-order valence-corrected chi connectivity index (χ0v) is 8.20. The highest BCUT2D eigenvalue weighted by molar-refractivity contribution is 5.42. The van der Waals surface area contributed by atoms with E-state index in [4.69, 9.17) is 15.6 Å². The van der Waals surface area contributed by atoms with Gasteiger partial charge in [-0.05, 0) is 0 Å². The van der Waals surface area contributed by atoms with Crippen molar-refractivity contribution in [3.8, 4) is 5.75 Å². The average Bonchev–Trinajstić information content (AvgIpc) is 2.26. The number of rotatable bonds is 4. The Bertz CT molecular complexity index is 345. The number of pyridine rings is 1. The van der Waals surface area contributed by atoms with Gasteiger partial charge in [0.2, 0.25) is 0 Å². The molecule has 4 nitrogen and oxygen atoms in total. The van der Waals surface area contributed by atoms with Crippen molar-refractivity contribution in [1.82, 2.24) is 4.98 Å². The maximum atomic E-state index is 12.5. The van der Waals surface area contributed by atoms with Gasteiger partial charge in [0.1, 0.15) is 11.4 Å². The van der Waals surface area contributed by atoms with E-state index in [0.717, 1.165) is 0 Å². The van der Waals surface area contributed by atoms with Gasteiger partial charge in [-0.3, -0.25) is 4.98 Å². The molecule has 0 spiro atoms. The Kier molecular flexibility index (Phi) is 3.93. The van der Waals surface area contributed by atoms with Gasteiger partial charge in [0.25, 0.3) is 6.43 Å². The number of ether oxygens (including phenoxy) is 1. The number of aliphatic hydroxyl groups excluding tert-OH is 1. The third kappa shape index (κ3) is 2.21. The van der Waals surface area contributed by atoms with Crippen molar-refractivity contribution >= 4 is 0 Å². The van der Waals surface area contributed by atoms with Crippen LogP contribution in [0.25, 0.3) is 0 Å². The molecule has 1 heterocycles. The molecule has 0 aliphatic carbocycles. The third-order valence-electron chi connectivity index (χ3n) is 2.02. The smallest absolute Gasteiger partial charge is 0.280 e. The number of methoxy groups -OCH3 is 1. The van der Waals surface area contributed by atoms with Crippen LogP contribution in [-0.2, 0) is 13.2 Å². The van der Waals surface area contributed by atoms with E-state index in [1.807, 2.05) is 0 Å². The molecule has 0 fully saturated rings. The van der Waals surface area contributed by atoms with Crippen LogP contribution in [0.1, 0.15) is 23.2 Å². The molecule has 0 atom stereocenters. The standard InChI is InChI=1S/C9H12F2N2O2/c1-15-8-5(4-14)3-13-7(9(10)11)6(8)2-12/h3,9,14H,2,4,12H2,1H3. The number of nitrogens with two attached hydrogens (primary N) is 1. The summed E-state index contributed by atoms with van der Waals surface area (Å²) in [4.78, 5) is 3.56. The minimum Gasteiger partial charge on any atom is -0.496 e. The van der Waals surface area contributed by atoms with Crippen molar-refractivity contribution in [1.29, 1.82) is 0 Å². The highest BCUT2D eigenvalue weighted by Crippen LogP contribution is 2.30. The molecule has 0 saturated carbocycles. The molecule has 0 aliphatic heterocycles. The lowest BCUT2D eigenvalue weighted by molar-refractivity contribution is 0.144. The van der Waals surface area contributed by atoms with Crippen LogP contribution in [0.4, 0.5) is 8.78 Å². The summed E-state index contributed by atoms with van der Waals surface area (Å²) in [6.45, 7) is -0.434. The Balaban J connectivity index is 3.34. The lowest BCUT2D eigenvalue weighted by Gasteiger charge is -2.14. The third-order valence-corrected chi connectivity index (χ3v) is 2.02. The first-order valence-electron chi connectivity index (χ1n) is 4.29. The summed E-state index contributed by atoms with van der Waals surface area (Å²) in [7, 11) is 1.34. The summed E-state index contributed by atoms with van der Waals surface area (Å²) in [5.74, 6) is 0.185. The normalized spacial score (nSPS) is 10.8. The first-order valence-corrected chi connectivity index (χ1v) is 4.29. The van der Waals surface area contributed by atoms with Crippen molar-refractivity contribution < 1.29 is 18.6 Å². The summed E-state index contributed by atoms with van der Waals surface area (Å²) in [6.07, 6.45) is -1.54. The van der Waals surface area contributed by atoms with Crippen LogP contribution in [0.15, 0.2) is 6.20 Å². The van der Waals surface area contributed by atoms with Crippen LogP contribution in [0.5, 0.6) is 5.75 Å². The Morgan fingerprint density at radius 3 is 2.67 bits per heavy atom. The minimum atomic E-state index is -2.70. The Morgan fingerprint density at radius 2 is 2.27 bits per heavy atom. The van der Waals surface area contributed by atoms with Crippen LogP contribution in [-0.4, -0.2) is 17.2 Å². The van der Waals surface area contributed by atoms with Crippen molar-refractivity contribution in [2.45, 2.75) is 19.6 Å². The molecule has 6 heteroatoms. The molecule has 0 aromatic carbocycles. The zero-order valence-electron chi connectivity index (χ0n) is 8.20. The Hall–Kier alpha value is -1.27. The SMILES string of the molecule is COc1c(CO)cnc(C(F)F)c1CN. The second-order valence-electron chi connectivity index (χ2n) is 2.84. The maximum Gasteiger partial charge on any atom is 0.280 e. The van der Waals surface area contributed by atoms with Gasteiger partial charge >= 0.3 is 0 Å². The molecule has 1 rings (SSSR count). The van der Waals surface area contributed by atoms with E-state index < -0.39 is 12.1 Å². The predicted molar refractivity (Wildman–Crippen MR) is 49.6 cm³/mol. The predicted octanol–water partition coefficient (Wildman–Crippen LogP) is 0.979. The van der Waals surface area contributed by atoms with E-state index in [1.54, 1.807) is 0 Å². The van der Waals surface area contributed by atoms with Crippen molar-refractivity contribution in [3.05, 3.63) is 23.0 Å². The number of aromatic nitrogens is 1. The van der Waals surface area contributed by atoms with E-state index >= 15 is 0 Å². The van der Waals surface area contributed by atoms with E-state index in [0.29, 0.717) is 5.56 Å². The van der Waals surface area contributed by atoms with Crippen LogP contribution in [0, 0.1) is 0 Å². The van der Waals surface area contributed by atoms with Crippen LogP contribution in [0.2, 0.25) is 0 Å². The summed E-state index contributed by atoms with van der Waals surface area (Å²) >= 11 is 0. The molecule has 1 aromatic rings. The van der Waals surface area contributed by atoms with Gasteiger partial charge in [0.15, 0.2) is 0 Å². The molecule has 0 aliphatic rings. The van der Waals surface area contributed by atoms with Gasteiger partial charge in [-0.25, -0.2) is 8.78 Å².